The molecule has 1 amide bonds. The van der Waals surface area contributed by atoms with Gasteiger partial charge in [0.25, 0.3) is 5.91 Å². The van der Waals surface area contributed by atoms with Crippen molar-refractivity contribution in [3.63, 3.8) is 0 Å². The molecule has 5 heteroatoms. The summed E-state index contributed by atoms with van der Waals surface area (Å²) in [6.07, 6.45) is 0. The highest BCUT2D eigenvalue weighted by Gasteiger charge is 2.18. The van der Waals surface area contributed by atoms with E-state index in [0.717, 1.165) is 16.9 Å². The third-order valence-corrected chi connectivity index (χ3v) is 4.21. The monoisotopic (exact) mass is 349 g/mol. The van der Waals surface area contributed by atoms with Crippen molar-refractivity contribution in [2.75, 3.05) is 12.4 Å². The van der Waals surface area contributed by atoms with Gasteiger partial charge in [0, 0.05) is 11.1 Å². The maximum atomic E-state index is 12.4. The maximum absolute atomic E-state index is 12.4. The van der Waals surface area contributed by atoms with Crippen LogP contribution in [0.1, 0.15) is 21.7 Å². The minimum Gasteiger partial charge on any atom is -0.497 e. The molecule has 1 N–H and O–H groups in total. The Labute approximate surface area is 151 Å². The minimum absolute atomic E-state index is 0.148. The van der Waals surface area contributed by atoms with Crippen LogP contribution >= 0.6 is 0 Å². The number of benzene rings is 2. The molecule has 0 spiro atoms. The van der Waals surface area contributed by atoms with Crippen LogP contribution in [0.2, 0.25) is 0 Å². The van der Waals surface area contributed by atoms with Crippen molar-refractivity contribution in [3.8, 4) is 16.9 Å². The van der Waals surface area contributed by atoms with Crippen LogP contribution in [0.3, 0.4) is 0 Å². The van der Waals surface area contributed by atoms with E-state index < -0.39 is 5.63 Å². The Balaban J connectivity index is 2.04. The first-order valence-corrected chi connectivity index (χ1v) is 8.16. The number of hydrogen-bond acceptors (Lipinski definition) is 4. The van der Waals surface area contributed by atoms with E-state index in [1.807, 2.05) is 30.3 Å². The molecule has 0 unspecified atom stereocenters. The van der Waals surface area contributed by atoms with E-state index in [0.29, 0.717) is 16.9 Å². The number of rotatable bonds is 4. The molecular weight excluding hydrogens is 330 g/mol. The number of nitrogens with one attached hydrogen (secondary N) is 1. The van der Waals surface area contributed by atoms with E-state index in [2.05, 4.69) is 5.32 Å². The predicted octanol–water partition coefficient (Wildman–Crippen LogP) is 4.18. The highest BCUT2D eigenvalue weighted by atomic mass is 16.5. The predicted molar refractivity (Wildman–Crippen MR) is 101 cm³/mol. The zero-order valence-electron chi connectivity index (χ0n) is 14.8. The van der Waals surface area contributed by atoms with Crippen molar-refractivity contribution in [1.82, 2.24) is 0 Å². The highest BCUT2D eigenvalue weighted by Crippen LogP contribution is 2.31. The molecule has 0 saturated heterocycles. The van der Waals surface area contributed by atoms with Gasteiger partial charge >= 0.3 is 5.63 Å². The van der Waals surface area contributed by atoms with Gasteiger partial charge in [-0.1, -0.05) is 30.3 Å². The Bertz CT molecular complexity index is 989. The van der Waals surface area contributed by atoms with Crippen LogP contribution in [0.5, 0.6) is 5.75 Å². The number of carbonyl (C=O) groups is 1. The topological polar surface area (TPSA) is 68.5 Å². The van der Waals surface area contributed by atoms with Gasteiger partial charge in [0.2, 0.25) is 0 Å². The highest BCUT2D eigenvalue weighted by molar-refractivity contribution is 6.04. The van der Waals surface area contributed by atoms with Crippen molar-refractivity contribution in [2.24, 2.45) is 0 Å². The molecule has 1 heterocycles. The van der Waals surface area contributed by atoms with E-state index in [4.69, 9.17) is 9.15 Å². The van der Waals surface area contributed by atoms with Crippen molar-refractivity contribution < 1.29 is 13.9 Å². The molecule has 0 fully saturated rings. The number of aryl methyl sites for hydroxylation is 1. The average Bonchev–Trinajstić information content (AvgIpc) is 2.66. The molecule has 3 aromatic rings. The number of methoxy groups -OCH3 is 1. The molecule has 1 aromatic heterocycles. The summed E-state index contributed by atoms with van der Waals surface area (Å²) >= 11 is 0. The summed E-state index contributed by atoms with van der Waals surface area (Å²) in [5.74, 6) is 0.875. The van der Waals surface area contributed by atoms with Crippen LogP contribution in [0.15, 0.2) is 63.8 Å². The second kappa shape index (κ2) is 7.27. The molecule has 0 aliphatic carbocycles. The van der Waals surface area contributed by atoms with Gasteiger partial charge in [0.1, 0.15) is 17.2 Å². The second-order valence-electron chi connectivity index (χ2n) is 5.87. The van der Waals surface area contributed by atoms with Gasteiger partial charge in [-0.2, -0.15) is 0 Å². The molecule has 132 valence electrons. The van der Waals surface area contributed by atoms with Gasteiger partial charge in [-0.15, -0.1) is 0 Å². The van der Waals surface area contributed by atoms with Crippen LogP contribution in [0.25, 0.3) is 11.1 Å². The standard InChI is InChI=1S/C21H19NO4/c1-13-18(15-9-11-17(25-3)12-10-15)14(2)26-21(24)19(13)22-20(23)16-7-5-4-6-8-16/h4-12H,1-3H3,(H,22,23). The van der Waals surface area contributed by atoms with Gasteiger partial charge in [0.05, 0.1) is 7.11 Å². The molecule has 0 aliphatic rings. The van der Waals surface area contributed by atoms with Gasteiger partial charge in [-0.05, 0) is 49.2 Å². The van der Waals surface area contributed by atoms with E-state index in [1.54, 1.807) is 45.2 Å². The number of anilines is 1. The molecule has 5 nitrogen and oxygen atoms in total. The molecule has 0 radical (unpaired) electrons. The summed E-state index contributed by atoms with van der Waals surface area (Å²) in [7, 11) is 1.60. The van der Waals surface area contributed by atoms with Crippen molar-refractivity contribution in [3.05, 3.63) is 81.9 Å². The number of carbonyl (C=O) groups excluding carboxylic acids is 1. The minimum atomic E-state index is -0.568. The van der Waals surface area contributed by atoms with E-state index in [-0.39, 0.29) is 11.6 Å². The Morgan fingerprint density at radius 2 is 1.65 bits per heavy atom. The Morgan fingerprint density at radius 1 is 1.00 bits per heavy atom. The third kappa shape index (κ3) is 3.37. The van der Waals surface area contributed by atoms with Crippen LogP contribution in [0, 0.1) is 13.8 Å². The molecule has 0 saturated carbocycles. The summed E-state index contributed by atoms with van der Waals surface area (Å²) in [5.41, 5.74) is 2.36. The molecule has 0 bridgehead atoms. The maximum Gasteiger partial charge on any atom is 0.360 e. The van der Waals surface area contributed by atoms with E-state index in [1.165, 1.54) is 0 Å². The van der Waals surface area contributed by atoms with Crippen LogP contribution in [-0.2, 0) is 0 Å². The summed E-state index contributed by atoms with van der Waals surface area (Å²) in [4.78, 5) is 24.7. The number of ether oxygens (including phenoxy) is 1. The summed E-state index contributed by atoms with van der Waals surface area (Å²) in [5, 5.41) is 2.68. The van der Waals surface area contributed by atoms with E-state index >= 15 is 0 Å². The number of hydrogen-bond donors (Lipinski definition) is 1. The largest absolute Gasteiger partial charge is 0.497 e. The van der Waals surface area contributed by atoms with Crippen LogP contribution in [0.4, 0.5) is 5.69 Å². The fourth-order valence-corrected chi connectivity index (χ4v) is 2.88. The Morgan fingerprint density at radius 3 is 2.27 bits per heavy atom. The van der Waals surface area contributed by atoms with Crippen molar-refractivity contribution in [2.45, 2.75) is 13.8 Å². The van der Waals surface area contributed by atoms with Crippen molar-refractivity contribution in [1.29, 1.82) is 0 Å². The lowest BCUT2D eigenvalue weighted by molar-refractivity contribution is 0.102. The van der Waals surface area contributed by atoms with Crippen LogP contribution < -0.4 is 15.7 Å². The van der Waals surface area contributed by atoms with Gasteiger partial charge in [0.15, 0.2) is 0 Å². The second-order valence-corrected chi connectivity index (χ2v) is 5.87. The van der Waals surface area contributed by atoms with Crippen molar-refractivity contribution >= 4 is 11.6 Å². The summed E-state index contributed by atoms with van der Waals surface area (Å²) in [6.45, 7) is 3.53. The number of amides is 1. The molecule has 26 heavy (non-hydrogen) atoms. The lowest BCUT2D eigenvalue weighted by atomic mass is 9.99. The Hall–Kier alpha value is -3.34. The first kappa shape index (κ1) is 17.5. The molecule has 3 rings (SSSR count). The molecular formula is C21H19NO4. The summed E-state index contributed by atoms with van der Waals surface area (Å²) < 4.78 is 10.5. The fourth-order valence-electron chi connectivity index (χ4n) is 2.88. The average molecular weight is 349 g/mol. The molecule has 0 aliphatic heterocycles. The Kier molecular flexibility index (Phi) is 4.89. The first-order chi connectivity index (χ1) is 12.5. The van der Waals surface area contributed by atoms with Gasteiger partial charge < -0.3 is 14.5 Å². The smallest absolute Gasteiger partial charge is 0.360 e. The van der Waals surface area contributed by atoms with E-state index in [9.17, 15) is 9.59 Å². The quantitative estimate of drug-likeness (QED) is 0.767. The zero-order valence-corrected chi connectivity index (χ0v) is 14.8. The van der Waals surface area contributed by atoms with Gasteiger partial charge in [-0.25, -0.2) is 4.79 Å². The SMILES string of the molecule is COc1ccc(-c2c(C)oc(=O)c(NC(=O)c3ccccc3)c2C)cc1. The lowest BCUT2D eigenvalue weighted by Crippen LogP contribution is -2.20. The lowest BCUT2D eigenvalue weighted by Gasteiger charge is -2.14. The first-order valence-electron chi connectivity index (χ1n) is 8.16. The third-order valence-electron chi connectivity index (χ3n) is 4.21. The molecule has 2 aromatic carbocycles. The fraction of sp³-hybridized carbons (Fsp3) is 0.143. The van der Waals surface area contributed by atoms with Crippen LogP contribution in [-0.4, -0.2) is 13.0 Å². The zero-order chi connectivity index (χ0) is 18.7. The summed E-state index contributed by atoms with van der Waals surface area (Å²) in [6, 6.07) is 16.2. The molecule has 0 atom stereocenters. The normalized spacial score (nSPS) is 10.4. The van der Waals surface area contributed by atoms with Gasteiger partial charge in [-0.3, -0.25) is 4.79 Å².